The molecule has 6 aromatic rings. The lowest BCUT2D eigenvalue weighted by Gasteiger charge is -2.32. The van der Waals surface area contributed by atoms with Crippen LogP contribution in [0.5, 0.6) is 0 Å². The SMILES string of the molecule is CC1(C)c2cc(-n3c4ccccc4c4cc(B5OC(C)(C)C(C)(C)O5)ccc43)ccc2-c2c1ccc1ccccc21. The van der Waals surface area contributed by atoms with E-state index >= 15 is 0 Å². The second kappa shape index (κ2) is 8.12. The molecule has 1 saturated heterocycles. The molecule has 202 valence electrons. The molecule has 1 aliphatic heterocycles. The average molecular weight is 535 g/mol. The van der Waals surface area contributed by atoms with Crippen molar-refractivity contribution in [3.63, 3.8) is 0 Å². The van der Waals surface area contributed by atoms with Crippen molar-refractivity contribution < 1.29 is 9.31 Å². The number of aromatic nitrogens is 1. The van der Waals surface area contributed by atoms with Crippen molar-refractivity contribution in [2.24, 2.45) is 0 Å². The van der Waals surface area contributed by atoms with Crippen LogP contribution in [0.1, 0.15) is 52.7 Å². The van der Waals surface area contributed by atoms with Gasteiger partial charge in [-0.2, -0.15) is 0 Å². The van der Waals surface area contributed by atoms with E-state index in [0.29, 0.717) is 0 Å². The summed E-state index contributed by atoms with van der Waals surface area (Å²) < 4.78 is 15.2. The fourth-order valence-electron chi connectivity index (χ4n) is 7.03. The topological polar surface area (TPSA) is 23.4 Å². The molecule has 41 heavy (non-hydrogen) atoms. The van der Waals surface area contributed by atoms with Gasteiger partial charge in [0, 0.05) is 21.9 Å². The molecule has 0 spiro atoms. The van der Waals surface area contributed by atoms with E-state index in [1.54, 1.807) is 0 Å². The molecule has 2 aliphatic rings. The van der Waals surface area contributed by atoms with E-state index in [0.717, 1.165) is 5.46 Å². The Morgan fingerprint density at radius 3 is 2.05 bits per heavy atom. The fourth-order valence-corrected chi connectivity index (χ4v) is 7.03. The molecule has 3 nitrogen and oxygen atoms in total. The lowest BCUT2D eigenvalue weighted by molar-refractivity contribution is 0.00578. The molecule has 0 amide bonds. The van der Waals surface area contributed by atoms with Gasteiger partial charge in [0.1, 0.15) is 0 Å². The maximum absolute atomic E-state index is 6.41. The Kier molecular flexibility index (Phi) is 4.93. The lowest BCUT2D eigenvalue weighted by Crippen LogP contribution is -2.41. The van der Waals surface area contributed by atoms with Gasteiger partial charge in [-0.1, -0.05) is 86.6 Å². The van der Waals surface area contributed by atoms with Gasteiger partial charge >= 0.3 is 7.12 Å². The number of para-hydroxylation sites is 1. The highest BCUT2D eigenvalue weighted by molar-refractivity contribution is 6.62. The molecule has 5 aromatic carbocycles. The Morgan fingerprint density at radius 2 is 1.27 bits per heavy atom. The van der Waals surface area contributed by atoms with Crippen LogP contribution in [0, 0.1) is 0 Å². The molecular formula is C37H34BNO2. The molecular weight excluding hydrogens is 501 g/mol. The van der Waals surface area contributed by atoms with Crippen LogP contribution in [0.2, 0.25) is 0 Å². The van der Waals surface area contributed by atoms with Crippen molar-refractivity contribution >= 4 is 45.2 Å². The number of rotatable bonds is 2. The maximum atomic E-state index is 6.41. The zero-order valence-corrected chi connectivity index (χ0v) is 24.6. The zero-order valence-electron chi connectivity index (χ0n) is 24.6. The van der Waals surface area contributed by atoms with E-state index in [-0.39, 0.29) is 23.7 Å². The van der Waals surface area contributed by atoms with E-state index < -0.39 is 0 Å². The summed E-state index contributed by atoms with van der Waals surface area (Å²) in [6, 6.07) is 35.8. The predicted molar refractivity (Wildman–Crippen MR) is 172 cm³/mol. The molecule has 8 rings (SSSR count). The van der Waals surface area contributed by atoms with E-state index in [4.69, 9.17) is 9.31 Å². The van der Waals surface area contributed by atoms with Crippen LogP contribution in [0.25, 0.3) is 49.4 Å². The van der Waals surface area contributed by atoms with Gasteiger partial charge in [-0.15, -0.1) is 0 Å². The largest absolute Gasteiger partial charge is 0.494 e. The molecule has 0 radical (unpaired) electrons. The summed E-state index contributed by atoms with van der Waals surface area (Å²) in [6.07, 6.45) is 0. The van der Waals surface area contributed by atoms with E-state index in [2.05, 4.69) is 143 Å². The van der Waals surface area contributed by atoms with Crippen molar-refractivity contribution in [3.8, 4) is 16.8 Å². The lowest BCUT2D eigenvalue weighted by atomic mass is 9.78. The van der Waals surface area contributed by atoms with Crippen LogP contribution >= 0.6 is 0 Å². The summed E-state index contributed by atoms with van der Waals surface area (Å²) >= 11 is 0. The summed E-state index contributed by atoms with van der Waals surface area (Å²) in [6.45, 7) is 13.1. The highest BCUT2D eigenvalue weighted by Gasteiger charge is 2.51. The van der Waals surface area contributed by atoms with Gasteiger partial charge < -0.3 is 13.9 Å². The summed E-state index contributed by atoms with van der Waals surface area (Å²) in [7, 11) is -0.388. The summed E-state index contributed by atoms with van der Waals surface area (Å²) in [5, 5.41) is 5.06. The van der Waals surface area contributed by atoms with Crippen LogP contribution in [-0.4, -0.2) is 22.9 Å². The van der Waals surface area contributed by atoms with Crippen LogP contribution in [0.15, 0.2) is 97.1 Å². The minimum atomic E-state index is -0.388. The summed E-state index contributed by atoms with van der Waals surface area (Å²) in [5.41, 5.74) is 9.28. The molecule has 0 atom stereocenters. The van der Waals surface area contributed by atoms with Crippen molar-refractivity contribution in [1.29, 1.82) is 0 Å². The predicted octanol–water partition coefficient (Wildman–Crippen LogP) is 8.54. The summed E-state index contributed by atoms with van der Waals surface area (Å²) in [4.78, 5) is 0. The number of benzene rings is 5. The van der Waals surface area contributed by atoms with E-state index in [1.165, 1.54) is 60.5 Å². The third-order valence-corrected chi connectivity index (χ3v) is 10.0. The van der Waals surface area contributed by atoms with Gasteiger partial charge in [-0.05, 0) is 90.4 Å². The Hall–Kier alpha value is -3.86. The number of fused-ring (bicyclic) bond motifs is 8. The number of nitrogens with zero attached hydrogens (tertiary/aromatic N) is 1. The van der Waals surface area contributed by atoms with Crippen LogP contribution < -0.4 is 5.46 Å². The smallest absolute Gasteiger partial charge is 0.399 e. The van der Waals surface area contributed by atoms with Crippen molar-refractivity contribution in [1.82, 2.24) is 4.57 Å². The first kappa shape index (κ1) is 24.9. The molecule has 2 heterocycles. The van der Waals surface area contributed by atoms with Gasteiger partial charge in [-0.3, -0.25) is 0 Å². The fraction of sp³-hybridized carbons (Fsp3) is 0.243. The first-order valence-corrected chi connectivity index (χ1v) is 14.6. The van der Waals surface area contributed by atoms with Crippen molar-refractivity contribution in [2.75, 3.05) is 0 Å². The normalized spacial score (nSPS) is 18.3. The molecule has 0 unspecified atom stereocenters. The van der Waals surface area contributed by atoms with E-state index in [9.17, 15) is 0 Å². The first-order chi connectivity index (χ1) is 19.6. The van der Waals surface area contributed by atoms with Crippen LogP contribution in [-0.2, 0) is 14.7 Å². The molecule has 1 aromatic heterocycles. The standard InChI is InChI=1S/C37H34BNO2/c1-35(2)30-19-15-23-11-7-8-12-26(23)34(30)28-18-17-25(22-31(28)35)39-32-14-10-9-13-27(32)29-21-24(16-20-33(29)39)38-40-36(3,4)37(5,6)41-38/h7-22H,1-6H3. The van der Waals surface area contributed by atoms with Crippen molar-refractivity contribution in [3.05, 3.63) is 108 Å². The highest BCUT2D eigenvalue weighted by atomic mass is 16.7. The number of hydrogen-bond donors (Lipinski definition) is 0. The first-order valence-electron chi connectivity index (χ1n) is 14.6. The second-order valence-electron chi connectivity index (χ2n) is 13.3. The molecule has 0 saturated carbocycles. The minimum absolute atomic E-state index is 0.0899. The maximum Gasteiger partial charge on any atom is 0.494 e. The zero-order chi connectivity index (χ0) is 28.3. The van der Waals surface area contributed by atoms with Crippen LogP contribution in [0.3, 0.4) is 0 Å². The van der Waals surface area contributed by atoms with Gasteiger partial charge in [0.05, 0.1) is 22.2 Å². The number of hydrogen-bond acceptors (Lipinski definition) is 2. The second-order valence-corrected chi connectivity index (χ2v) is 13.3. The third kappa shape index (κ3) is 3.35. The highest BCUT2D eigenvalue weighted by Crippen LogP contribution is 2.52. The molecule has 1 aliphatic carbocycles. The molecule has 4 heteroatoms. The Labute approximate surface area is 241 Å². The minimum Gasteiger partial charge on any atom is -0.399 e. The molecule has 1 fully saturated rings. The van der Waals surface area contributed by atoms with Gasteiger partial charge in [0.15, 0.2) is 0 Å². The molecule has 0 bridgehead atoms. The Bertz CT molecular complexity index is 2030. The summed E-state index contributed by atoms with van der Waals surface area (Å²) in [5.74, 6) is 0. The average Bonchev–Trinajstić information content (AvgIpc) is 3.49. The Balaban J connectivity index is 1.31. The molecule has 0 N–H and O–H groups in total. The Morgan fingerprint density at radius 1 is 0.585 bits per heavy atom. The quantitative estimate of drug-likeness (QED) is 0.208. The van der Waals surface area contributed by atoms with Crippen LogP contribution in [0.4, 0.5) is 0 Å². The third-order valence-electron chi connectivity index (χ3n) is 10.0. The van der Waals surface area contributed by atoms with Crippen molar-refractivity contribution in [2.45, 2.75) is 58.2 Å². The van der Waals surface area contributed by atoms with Gasteiger partial charge in [0.2, 0.25) is 0 Å². The van der Waals surface area contributed by atoms with E-state index in [1.807, 2.05) is 0 Å². The monoisotopic (exact) mass is 535 g/mol. The van der Waals surface area contributed by atoms with Gasteiger partial charge in [0.25, 0.3) is 0 Å². The van der Waals surface area contributed by atoms with Gasteiger partial charge in [-0.25, -0.2) is 0 Å².